The summed E-state index contributed by atoms with van der Waals surface area (Å²) in [6, 6.07) is 1.50. The van der Waals surface area contributed by atoms with Crippen LogP contribution in [0.4, 0.5) is 19.5 Å². The molecule has 24 heavy (non-hydrogen) atoms. The molecule has 0 fully saturated rings. The number of carboxylic acids is 1. The second-order valence-electron chi connectivity index (χ2n) is 4.22. The zero-order valence-corrected chi connectivity index (χ0v) is 13.3. The van der Waals surface area contributed by atoms with Crippen molar-refractivity contribution >= 4 is 44.9 Å². The Balaban J connectivity index is 2.26. The Labute approximate surface area is 140 Å². The van der Waals surface area contributed by atoms with Crippen LogP contribution in [-0.2, 0) is 15.8 Å². The number of nitrogens with zero attached hydrogens (tertiary/aromatic N) is 1. The van der Waals surface area contributed by atoms with Crippen LogP contribution in [0.1, 0.15) is 10.5 Å². The molecule has 0 radical (unpaired) electrons. The number of carboxylic acid groups (broad SMARTS) is 1. The molecular weight excluding hydrogens is 366 g/mol. The van der Waals surface area contributed by atoms with E-state index in [4.69, 9.17) is 10.8 Å². The van der Waals surface area contributed by atoms with Crippen LogP contribution in [-0.4, -0.2) is 32.7 Å². The third-order valence-corrected chi connectivity index (χ3v) is 4.56. The van der Waals surface area contributed by atoms with Crippen molar-refractivity contribution in [1.29, 1.82) is 0 Å². The summed E-state index contributed by atoms with van der Waals surface area (Å²) in [5.74, 6) is -4.43. The quantitative estimate of drug-likeness (QED) is 0.597. The van der Waals surface area contributed by atoms with Crippen LogP contribution in [0.25, 0.3) is 0 Å². The minimum atomic E-state index is -2.14. The highest BCUT2D eigenvalue weighted by atomic mass is 32.2. The highest BCUT2D eigenvalue weighted by molar-refractivity contribution is 7.86. The summed E-state index contributed by atoms with van der Waals surface area (Å²) in [6.07, 6.45) is 0. The van der Waals surface area contributed by atoms with Crippen molar-refractivity contribution in [2.45, 2.75) is 4.90 Å². The number of nitrogens with two attached hydrogens (primary N) is 1. The molecule has 0 aliphatic heterocycles. The monoisotopic (exact) mass is 376 g/mol. The lowest BCUT2D eigenvalue weighted by atomic mass is 10.3. The van der Waals surface area contributed by atoms with E-state index in [0.29, 0.717) is 0 Å². The lowest BCUT2D eigenvalue weighted by Crippen LogP contribution is -2.23. The first-order chi connectivity index (χ1) is 11.3. The number of hydrogen-bond acceptors (Lipinski definition) is 6. The molecule has 0 spiro atoms. The van der Waals surface area contributed by atoms with Gasteiger partial charge in [-0.1, -0.05) is 0 Å². The maximum atomic E-state index is 13.9. The van der Waals surface area contributed by atoms with Gasteiger partial charge in [0, 0.05) is 0 Å². The van der Waals surface area contributed by atoms with Gasteiger partial charge in [-0.2, -0.15) is 0 Å². The number of carbonyl (C=O) groups excluding carboxylic acids is 1. The summed E-state index contributed by atoms with van der Waals surface area (Å²) in [5.41, 5.74) is 5.19. The van der Waals surface area contributed by atoms with E-state index in [0.717, 1.165) is 23.5 Å². The van der Waals surface area contributed by atoms with Crippen LogP contribution in [0.15, 0.2) is 22.5 Å². The first-order valence-electron chi connectivity index (χ1n) is 6.17. The van der Waals surface area contributed by atoms with E-state index < -0.39 is 46.7 Å². The predicted octanol–water partition coefficient (Wildman–Crippen LogP) is 1.15. The minimum absolute atomic E-state index is 0.0258. The van der Waals surface area contributed by atoms with E-state index in [1.54, 1.807) is 0 Å². The number of benzene rings is 1. The summed E-state index contributed by atoms with van der Waals surface area (Å²) >= 11 is 0.869. The van der Waals surface area contributed by atoms with E-state index in [9.17, 15) is 22.6 Å². The molecule has 1 amide bonds. The maximum absolute atomic E-state index is 13.9. The molecule has 1 aromatic heterocycles. The molecular formula is C12H10F2N4O4S2. The lowest BCUT2D eigenvalue weighted by Gasteiger charge is -2.09. The average molecular weight is 376 g/mol. The van der Waals surface area contributed by atoms with Crippen LogP contribution in [0.2, 0.25) is 0 Å². The number of amides is 1. The van der Waals surface area contributed by atoms with Crippen molar-refractivity contribution in [2.75, 3.05) is 16.6 Å². The lowest BCUT2D eigenvalue weighted by molar-refractivity contribution is -0.115. The first kappa shape index (κ1) is 17.9. The van der Waals surface area contributed by atoms with Gasteiger partial charge in [0.2, 0.25) is 5.91 Å². The molecule has 5 N–H and O–H groups in total. The van der Waals surface area contributed by atoms with Crippen LogP contribution in [0.5, 0.6) is 0 Å². The van der Waals surface area contributed by atoms with Crippen molar-refractivity contribution in [2.24, 2.45) is 5.73 Å². The molecule has 128 valence electrons. The maximum Gasteiger partial charge on any atom is 0.357 e. The molecule has 2 aromatic rings. The topological polar surface area (TPSA) is 134 Å². The number of thiazole rings is 1. The van der Waals surface area contributed by atoms with Crippen LogP contribution >= 0.6 is 11.3 Å². The number of carbonyl (C=O) groups is 2. The average Bonchev–Trinajstić information content (AvgIpc) is 2.98. The SMILES string of the molecule is NCC(=O)Nc1c(F)cc(S(=O)Nc2scnc2C(=O)O)cc1F. The highest BCUT2D eigenvalue weighted by Crippen LogP contribution is 2.26. The molecule has 0 bridgehead atoms. The molecule has 0 aliphatic carbocycles. The summed E-state index contributed by atoms with van der Waals surface area (Å²) in [7, 11) is -2.14. The standard InChI is InChI=1S/C12H10F2N4O4S2/c13-6-1-5(2-7(14)9(6)17-8(19)3-15)24(22)18-11-10(12(20)21)16-4-23-11/h1-2,4,18H,3,15H2,(H,17,19)(H,20,21). The van der Waals surface area contributed by atoms with E-state index >= 15 is 0 Å². The fourth-order valence-electron chi connectivity index (χ4n) is 1.58. The number of rotatable bonds is 6. The Hall–Kier alpha value is -2.44. The zero-order valence-electron chi connectivity index (χ0n) is 11.7. The number of aromatic nitrogens is 1. The Kier molecular flexibility index (Phi) is 5.54. The second-order valence-corrected chi connectivity index (χ2v) is 6.29. The van der Waals surface area contributed by atoms with Crippen molar-refractivity contribution in [1.82, 2.24) is 4.98 Å². The molecule has 1 unspecified atom stereocenters. The minimum Gasteiger partial charge on any atom is -0.476 e. The molecule has 1 aromatic carbocycles. The molecule has 0 aliphatic rings. The van der Waals surface area contributed by atoms with E-state index in [-0.39, 0.29) is 15.6 Å². The highest BCUT2D eigenvalue weighted by Gasteiger charge is 2.19. The summed E-state index contributed by atoms with van der Waals surface area (Å²) < 4.78 is 42.2. The van der Waals surface area contributed by atoms with Gasteiger partial charge in [-0.15, -0.1) is 11.3 Å². The van der Waals surface area contributed by atoms with E-state index in [1.165, 1.54) is 5.51 Å². The van der Waals surface area contributed by atoms with Crippen molar-refractivity contribution in [3.8, 4) is 0 Å². The molecule has 1 heterocycles. The van der Waals surface area contributed by atoms with E-state index in [1.807, 2.05) is 5.32 Å². The van der Waals surface area contributed by atoms with Gasteiger partial charge < -0.3 is 16.2 Å². The normalized spacial score (nSPS) is 11.8. The molecule has 0 saturated carbocycles. The fourth-order valence-corrected chi connectivity index (χ4v) is 3.32. The van der Waals surface area contributed by atoms with E-state index in [2.05, 4.69) is 9.71 Å². The second kappa shape index (κ2) is 7.42. The Morgan fingerprint density at radius 3 is 2.50 bits per heavy atom. The Bertz CT molecular complexity index is 804. The summed E-state index contributed by atoms with van der Waals surface area (Å²) in [6.45, 7) is -0.461. The third kappa shape index (κ3) is 3.90. The Morgan fingerprint density at radius 1 is 1.33 bits per heavy atom. The van der Waals surface area contributed by atoms with Gasteiger partial charge in [-0.25, -0.2) is 22.8 Å². The van der Waals surface area contributed by atoms with Gasteiger partial charge in [-0.3, -0.25) is 9.52 Å². The van der Waals surface area contributed by atoms with Gasteiger partial charge in [-0.05, 0) is 12.1 Å². The zero-order chi connectivity index (χ0) is 17.9. The van der Waals surface area contributed by atoms with Crippen LogP contribution in [0, 0.1) is 11.6 Å². The third-order valence-electron chi connectivity index (χ3n) is 2.63. The number of aromatic carboxylic acids is 1. The van der Waals surface area contributed by atoms with Gasteiger partial charge in [0.15, 0.2) is 28.3 Å². The summed E-state index contributed by atoms with van der Waals surface area (Å²) in [5, 5.41) is 10.8. The van der Waals surface area contributed by atoms with Gasteiger partial charge in [0.25, 0.3) is 0 Å². The molecule has 1 atom stereocenters. The number of hydrogen-bond donors (Lipinski definition) is 4. The first-order valence-corrected chi connectivity index (χ1v) is 8.20. The number of anilines is 2. The van der Waals surface area contributed by atoms with Crippen molar-refractivity contribution < 1.29 is 27.7 Å². The van der Waals surface area contributed by atoms with Gasteiger partial charge >= 0.3 is 5.97 Å². The Morgan fingerprint density at radius 2 is 1.96 bits per heavy atom. The smallest absolute Gasteiger partial charge is 0.357 e. The molecule has 8 nitrogen and oxygen atoms in total. The largest absolute Gasteiger partial charge is 0.476 e. The molecule has 12 heteroatoms. The molecule has 2 rings (SSSR count). The number of halogens is 2. The van der Waals surface area contributed by atoms with Crippen molar-refractivity contribution in [3.63, 3.8) is 0 Å². The fraction of sp³-hybridized carbons (Fsp3) is 0.0833. The van der Waals surface area contributed by atoms with Crippen molar-refractivity contribution in [3.05, 3.63) is 35.0 Å². The molecule has 0 saturated heterocycles. The summed E-state index contributed by atoms with van der Waals surface area (Å²) in [4.78, 5) is 25.3. The van der Waals surface area contributed by atoms with Crippen LogP contribution < -0.4 is 15.8 Å². The number of nitrogens with one attached hydrogen (secondary N) is 2. The predicted molar refractivity (Wildman–Crippen MR) is 83.1 cm³/mol. The van der Waals surface area contributed by atoms with Gasteiger partial charge in [0.05, 0.1) is 17.0 Å². The van der Waals surface area contributed by atoms with Gasteiger partial charge in [0.1, 0.15) is 10.7 Å². The van der Waals surface area contributed by atoms with Crippen LogP contribution in [0.3, 0.4) is 0 Å².